The van der Waals surface area contributed by atoms with Crippen LogP contribution in [0, 0.1) is 0 Å². The minimum atomic E-state index is -0.0268. The van der Waals surface area contributed by atoms with Gasteiger partial charge in [0.25, 0.3) is 0 Å². The Morgan fingerprint density at radius 3 is 2.80 bits per heavy atom. The average Bonchev–Trinajstić information content (AvgIpc) is 3.31. The number of hydrogen-bond acceptors (Lipinski definition) is 2. The fraction of sp³-hybridized carbons (Fsp3) is 0.533. The van der Waals surface area contributed by atoms with Crippen molar-refractivity contribution in [3.05, 3.63) is 34.3 Å². The molecule has 1 aromatic rings. The number of halogens is 1. The van der Waals surface area contributed by atoms with Crippen LogP contribution in [0.1, 0.15) is 30.7 Å². The van der Waals surface area contributed by atoms with E-state index >= 15 is 0 Å². The molecule has 2 N–H and O–H groups in total. The topological polar surface area (TPSA) is 52.6 Å². The van der Waals surface area contributed by atoms with Gasteiger partial charge in [-0.15, -0.1) is 0 Å². The number of urea groups is 1. The first-order chi connectivity index (χ1) is 9.70. The summed E-state index contributed by atoms with van der Waals surface area (Å²) >= 11 is 3.56. The van der Waals surface area contributed by atoms with Gasteiger partial charge in [-0.25, -0.2) is 4.79 Å². The van der Waals surface area contributed by atoms with E-state index in [1.165, 1.54) is 5.56 Å². The van der Waals surface area contributed by atoms with Gasteiger partial charge in [-0.05, 0) is 30.9 Å². The highest BCUT2D eigenvalue weighted by Crippen LogP contribution is 2.43. The molecule has 0 saturated heterocycles. The molecule has 3 rings (SSSR count). The number of aliphatic hydroxyl groups excluding tert-OH is 1. The molecule has 2 atom stereocenters. The van der Waals surface area contributed by atoms with Crippen LogP contribution < -0.4 is 5.32 Å². The lowest BCUT2D eigenvalue weighted by Gasteiger charge is -2.22. The van der Waals surface area contributed by atoms with Crippen LogP contribution in [0.3, 0.4) is 0 Å². The molecule has 2 fully saturated rings. The SMILES string of the molecule is O=C(NC1CC1c1ccccc1Br)N(CCO)C1CC1. The van der Waals surface area contributed by atoms with Crippen LogP contribution in [0.5, 0.6) is 0 Å². The van der Waals surface area contributed by atoms with Gasteiger partial charge >= 0.3 is 6.03 Å². The van der Waals surface area contributed by atoms with Gasteiger partial charge in [0.05, 0.1) is 6.61 Å². The minimum absolute atomic E-state index is 0.0268. The molecule has 0 aliphatic heterocycles. The third-order valence-corrected chi connectivity index (χ3v) is 4.72. The molecule has 4 nitrogen and oxygen atoms in total. The molecule has 1 aromatic carbocycles. The summed E-state index contributed by atoms with van der Waals surface area (Å²) in [5.74, 6) is 0.407. The van der Waals surface area contributed by atoms with E-state index in [4.69, 9.17) is 5.11 Å². The first-order valence-electron chi connectivity index (χ1n) is 7.13. The van der Waals surface area contributed by atoms with Crippen molar-refractivity contribution in [2.75, 3.05) is 13.2 Å². The smallest absolute Gasteiger partial charge is 0.317 e. The second-order valence-electron chi connectivity index (χ2n) is 5.57. The summed E-state index contributed by atoms with van der Waals surface area (Å²) in [6, 6.07) is 8.70. The van der Waals surface area contributed by atoms with E-state index in [0.717, 1.165) is 23.7 Å². The number of amides is 2. The monoisotopic (exact) mass is 338 g/mol. The molecule has 5 heteroatoms. The molecule has 2 aliphatic rings. The van der Waals surface area contributed by atoms with Gasteiger partial charge in [0.1, 0.15) is 0 Å². The lowest BCUT2D eigenvalue weighted by atomic mass is 10.1. The number of benzene rings is 1. The Morgan fingerprint density at radius 1 is 1.40 bits per heavy atom. The van der Waals surface area contributed by atoms with Gasteiger partial charge in [-0.1, -0.05) is 34.1 Å². The van der Waals surface area contributed by atoms with Crippen molar-refractivity contribution in [2.45, 2.75) is 37.3 Å². The van der Waals surface area contributed by atoms with E-state index in [9.17, 15) is 4.79 Å². The van der Waals surface area contributed by atoms with E-state index in [2.05, 4.69) is 27.3 Å². The summed E-state index contributed by atoms with van der Waals surface area (Å²) < 4.78 is 1.11. The van der Waals surface area contributed by atoms with E-state index in [0.29, 0.717) is 18.5 Å². The van der Waals surface area contributed by atoms with Gasteiger partial charge in [0.15, 0.2) is 0 Å². The van der Waals surface area contributed by atoms with Gasteiger partial charge in [0.2, 0.25) is 0 Å². The van der Waals surface area contributed by atoms with Crippen molar-refractivity contribution < 1.29 is 9.90 Å². The van der Waals surface area contributed by atoms with E-state index in [1.54, 1.807) is 4.90 Å². The van der Waals surface area contributed by atoms with Gasteiger partial charge in [0, 0.05) is 29.0 Å². The van der Waals surface area contributed by atoms with Crippen LogP contribution >= 0.6 is 15.9 Å². The molecule has 0 radical (unpaired) electrons. The van der Waals surface area contributed by atoms with Crippen LogP contribution in [0.4, 0.5) is 4.79 Å². The summed E-state index contributed by atoms with van der Waals surface area (Å²) in [4.78, 5) is 14.0. The fourth-order valence-electron chi connectivity index (χ4n) is 2.66. The number of rotatable bonds is 5. The van der Waals surface area contributed by atoms with Crippen molar-refractivity contribution in [1.29, 1.82) is 0 Å². The Kier molecular flexibility index (Phi) is 3.98. The maximum atomic E-state index is 12.2. The minimum Gasteiger partial charge on any atom is -0.395 e. The number of carbonyl (C=O) groups is 1. The Balaban J connectivity index is 1.57. The lowest BCUT2D eigenvalue weighted by molar-refractivity contribution is 0.173. The normalized spacial score (nSPS) is 24.3. The van der Waals surface area contributed by atoms with Crippen molar-refractivity contribution in [2.24, 2.45) is 0 Å². The Morgan fingerprint density at radius 2 is 2.15 bits per heavy atom. The largest absolute Gasteiger partial charge is 0.395 e. The number of nitrogens with zero attached hydrogens (tertiary/aromatic N) is 1. The van der Waals surface area contributed by atoms with Crippen LogP contribution in [-0.4, -0.2) is 41.3 Å². The second kappa shape index (κ2) is 5.74. The van der Waals surface area contributed by atoms with Crippen molar-refractivity contribution in [3.8, 4) is 0 Å². The molecule has 108 valence electrons. The van der Waals surface area contributed by atoms with Crippen molar-refractivity contribution in [3.63, 3.8) is 0 Å². The van der Waals surface area contributed by atoms with E-state index < -0.39 is 0 Å². The molecule has 2 unspecified atom stereocenters. The summed E-state index contributed by atoms with van der Waals surface area (Å²) in [6.45, 7) is 0.463. The zero-order chi connectivity index (χ0) is 14.1. The quantitative estimate of drug-likeness (QED) is 0.866. The van der Waals surface area contributed by atoms with Crippen molar-refractivity contribution in [1.82, 2.24) is 10.2 Å². The van der Waals surface area contributed by atoms with Gasteiger partial charge in [-0.2, -0.15) is 0 Å². The third kappa shape index (κ3) is 2.99. The lowest BCUT2D eigenvalue weighted by Crippen LogP contribution is -2.44. The van der Waals surface area contributed by atoms with Crippen LogP contribution in [-0.2, 0) is 0 Å². The molecule has 2 saturated carbocycles. The van der Waals surface area contributed by atoms with Gasteiger partial charge < -0.3 is 15.3 Å². The molecule has 20 heavy (non-hydrogen) atoms. The zero-order valence-electron chi connectivity index (χ0n) is 11.3. The molecule has 2 aliphatic carbocycles. The van der Waals surface area contributed by atoms with Crippen LogP contribution in [0.25, 0.3) is 0 Å². The highest BCUT2D eigenvalue weighted by molar-refractivity contribution is 9.10. The van der Waals surface area contributed by atoms with Crippen molar-refractivity contribution >= 4 is 22.0 Å². The molecule has 2 amide bonds. The Labute approximate surface area is 127 Å². The molecular weight excluding hydrogens is 320 g/mol. The number of hydrogen-bond donors (Lipinski definition) is 2. The summed E-state index contributed by atoms with van der Waals surface area (Å²) in [7, 11) is 0. The molecule has 0 heterocycles. The Hall–Kier alpha value is -1.07. The molecule has 0 bridgehead atoms. The van der Waals surface area contributed by atoms with E-state index in [-0.39, 0.29) is 18.7 Å². The predicted octanol–water partition coefficient (Wildman–Crippen LogP) is 2.47. The third-order valence-electron chi connectivity index (χ3n) is 3.99. The average molecular weight is 339 g/mol. The highest BCUT2D eigenvalue weighted by Gasteiger charge is 2.42. The Bertz CT molecular complexity index is 504. The standard InChI is InChI=1S/C15H19BrN2O2/c16-13-4-2-1-3-11(13)12-9-14(12)17-15(20)18(7-8-19)10-5-6-10/h1-4,10,12,14,19H,5-9H2,(H,17,20). The van der Waals surface area contributed by atoms with E-state index in [1.807, 2.05) is 18.2 Å². The summed E-state index contributed by atoms with van der Waals surface area (Å²) in [5.41, 5.74) is 1.26. The predicted molar refractivity (Wildman–Crippen MR) is 80.6 cm³/mol. The van der Waals surface area contributed by atoms with Crippen LogP contribution in [0.2, 0.25) is 0 Å². The molecule has 0 aromatic heterocycles. The fourth-order valence-corrected chi connectivity index (χ4v) is 3.24. The summed E-state index contributed by atoms with van der Waals surface area (Å²) in [6.07, 6.45) is 3.11. The molecule has 0 spiro atoms. The zero-order valence-corrected chi connectivity index (χ0v) is 12.8. The van der Waals surface area contributed by atoms with Gasteiger partial charge in [-0.3, -0.25) is 0 Å². The molecular formula is C15H19BrN2O2. The number of aliphatic hydroxyl groups is 1. The maximum absolute atomic E-state index is 12.2. The highest BCUT2D eigenvalue weighted by atomic mass is 79.9. The van der Waals surface area contributed by atoms with Crippen LogP contribution in [0.15, 0.2) is 28.7 Å². The number of nitrogens with one attached hydrogen (secondary N) is 1. The number of carbonyl (C=O) groups excluding carboxylic acids is 1. The summed E-state index contributed by atoms with van der Waals surface area (Å²) in [5, 5.41) is 12.1. The second-order valence-corrected chi connectivity index (χ2v) is 6.42. The maximum Gasteiger partial charge on any atom is 0.317 e. The first kappa shape index (κ1) is 13.9. The first-order valence-corrected chi connectivity index (χ1v) is 7.92.